The summed E-state index contributed by atoms with van der Waals surface area (Å²) in [6.07, 6.45) is 4.72. The standard InChI is InChI=1S/C34H31ClN2O5/c35-27-11-16-29(17-12-27)40-21-5-4-20-37-31-22-28(13-18-32(31)42-24-34(37)39)36-33(38)19-10-25-8-14-30(15-9-25)41-23-26-6-2-1-3-7-26/h1-3,6-19,22H,4-5,20-21,23-24H2,(H,36,38)/b19-10+. The number of carbonyl (C=O) groups is 2. The third kappa shape index (κ3) is 8.15. The first-order chi connectivity index (χ1) is 20.5. The number of carbonyl (C=O) groups excluding carboxylic acids is 2. The van der Waals surface area contributed by atoms with Crippen LogP contribution in [0.1, 0.15) is 24.0 Å². The van der Waals surface area contributed by atoms with Crippen molar-refractivity contribution in [1.29, 1.82) is 0 Å². The minimum absolute atomic E-state index is 0.0151. The molecule has 0 fully saturated rings. The summed E-state index contributed by atoms with van der Waals surface area (Å²) in [5.41, 5.74) is 3.17. The zero-order valence-electron chi connectivity index (χ0n) is 23.0. The first-order valence-electron chi connectivity index (χ1n) is 13.7. The molecule has 0 saturated carbocycles. The average Bonchev–Trinajstić information content (AvgIpc) is 3.02. The Bertz CT molecular complexity index is 1520. The van der Waals surface area contributed by atoms with Gasteiger partial charge in [-0.15, -0.1) is 0 Å². The van der Waals surface area contributed by atoms with Crippen LogP contribution in [0.5, 0.6) is 17.2 Å². The van der Waals surface area contributed by atoms with Crippen molar-refractivity contribution in [2.24, 2.45) is 0 Å². The van der Waals surface area contributed by atoms with Gasteiger partial charge < -0.3 is 24.4 Å². The number of halogens is 1. The molecule has 0 aliphatic carbocycles. The molecule has 42 heavy (non-hydrogen) atoms. The number of hydrogen-bond acceptors (Lipinski definition) is 5. The van der Waals surface area contributed by atoms with Gasteiger partial charge >= 0.3 is 0 Å². The number of rotatable bonds is 12. The third-order valence-corrected chi connectivity index (χ3v) is 6.84. The van der Waals surface area contributed by atoms with Gasteiger partial charge in [0.15, 0.2) is 6.61 Å². The lowest BCUT2D eigenvalue weighted by molar-refractivity contribution is -0.121. The summed E-state index contributed by atoms with van der Waals surface area (Å²) >= 11 is 5.91. The highest BCUT2D eigenvalue weighted by molar-refractivity contribution is 6.30. The van der Waals surface area contributed by atoms with E-state index in [1.165, 1.54) is 6.08 Å². The number of anilines is 2. The Kier molecular flexibility index (Phi) is 9.75. The molecule has 0 aromatic heterocycles. The van der Waals surface area contributed by atoms with Crippen molar-refractivity contribution in [3.8, 4) is 17.2 Å². The summed E-state index contributed by atoms with van der Waals surface area (Å²) in [6.45, 7) is 1.52. The lowest BCUT2D eigenvalue weighted by atomic mass is 10.1. The fourth-order valence-corrected chi connectivity index (χ4v) is 4.52. The summed E-state index contributed by atoms with van der Waals surface area (Å²) in [6, 6.07) is 30.0. The van der Waals surface area contributed by atoms with E-state index in [1.54, 1.807) is 41.3 Å². The Labute approximate surface area is 250 Å². The molecule has 0 spiro atoms. The van der Waals surface area contributed by atoms with Gasteiger partial charge in [-0.3, -0.25) is 9.59 Å². The summed E-state index contributed by atoms with van der Waals surface area (Å²) in [5, 5.41) is 3.53. The molecule has 1 aliphatic rings. The van der Waals surface area contributed by atoms with Crippen molar-refractivity contribution in [2.45, 2.75) is 19.4 Å². The highest BCUT2D eigenvalue weighted by Gasteiger charge is 2.25. The van der Waals surface area contributed by atoms with Gasteiger partial charge in [-0.1, -0.05) is 54.1 Å². The molecule has 0 unspecified atom stereocenters. The quantitative estimate of drug-likeness (QED) is 0.142. The Balaban J connectivity index is 1.12. The SMILES string of the molecule is O=C(/C=C/c1ccc(OCc2ccccc2)cc1)Nc1ccc2c(c1)N(CCCCOc1ccc(Cl)cc1)C(=O)CO2. The van der Waals surface area contributed by atoms with Crippen molar-refractivity contribution in [3.63, 3.8) is 0 Å². The molecular weight excluding hydrogens is 552 g/mol. The van der Waals surface area contributed by atoms with Gasteiger partial charge in [-0.2, -0.15) is 0 Å². The molecule has 7 nitrogen and oxygen atoms in total. The van der Waals surface area contributed by atoms with Crippen LogP contribution < -0.4 is 24.4 Å². The summed E-state index contributed by atoms with van der Waals surface area (Å²) in [7, 11) is 0. The van der Waals surface area contributed by atoms with Gasteiger partial charge in [0.25, 0.3) is 5.91 Å². The number of amides is 2. The van der Waals surface area contributed by atoms with Crippen molar-refractivity contribution < 1.29 is 23.8 Å². The normalized spacial score (nSPS) is 12.5. The number of fused-ring (bicyclic) bond motifs is 1. The van der Waals surface area contributed by atoms with Crippen LogP contribution in [0.2, 0.25) is 5.02 Å². The maximum absolute atomic E-state index is 12.7. The maximum Gasteiger partial charge on any atom is 0.265 e. The summed E-state index contributed by atoms with van der Waals surface area (Å²) in [4.78, 5) is 27.0. The highest BCUT2D eigenvalue weighted by atomic mass is 35.5. The van der Waals surface area contributed by atoms with Gasteiger partial charge in [-0.25, -0.2) is 0 Å². The predicted molar refractivity (Wildman–Crippen MR) is 165 cm³/mol. The number of hydrogen-bond donors (Lipinski definition) is 1. The van der Waals surface area contributed by atoms with Crippen molar-refractivity contribution in [1.82, 2.24) is 0 Å². The van der Waals surface area contributed by atoms with E-state index in [-0.39, 0.29) is 18.4 Å². The monoisotopic (exact) mass is 582 g/mol. The first-order valence-corrected chi connectivity index (χ1v) is 14.1. The van der Waals surface area contributed by atoms with E-state index in [4.69, 9.17) is 25.8 Å². The van der Waals surface area contributed by atoms with Gasteiger partial charge in [0.2, 0.25) is 5.91 Å². The van der Waals surface area contributed by atoms with Crippen molar-refractivity contribution in [2.75, 3.05) is 30.0 Å². The van der Waals surface area contributed by atoms with Crippen LogP contribution in [-0.2, 0) is 16.2 Å². The van der Waals surface area contributed by atoms with Crippen molar-refractivity contribution >= 4 is 40.9 Å². The van der Waals surface area contributed by atoms with Gasteiger partial charge in [0, 0.05) is 23.3 Å². The Morgan fingerprint density at radius 3 is 2.43 bits per heavy atom. The molecule has 8 heteroatoms. The molecule has 214 valence electrons. The van der Waals surface area contributed by atoms with E-state index >= 15 is 0 Å². The zero-order chi connectivity index (χ0) is 29.1. The molecule has 5 rings (SSSR count). The molecule has 0 radical (unpaired) electrons. The second-order valence-corrected chi connectivity index (χ2v) is 10.1. The third-order valence-electron chi connectivity index (χ3n) is 6.58. The second-order valence-electron chi connectivity index (χ2n) is 9.69. The minimum Gasteiger partial charge on any atom is -0.494 e. The summed E-state index contributed by atoms with van der Waals surface area (Å²) < 4.78 is 17.2. The van der Waals surface area contributed by atoms with Crippen LogP contribution >= 0.6 is 11.6 Å². The fraction of sp³-hybridized carbons (Fsp3) is 0.176. The molecule has 0 bridgehead atoms. The molecule has 1 N–H and O–H groups in total. The van der Waals surface area contributed by atoms with Gasteiger partial charge in [0.05, 0.1) is 12.3 Å². The molecule has 1 aliphatic heterocycles. The molecule has 2 amide bonds. The first kappa shape index (κ1) is 28.8. The molecule has 4 aromatic rings. The number of benzene rings is 4. The predicted octanol–water partition coefficient (Wildman–Crippen LogP) is 7.16. The number of nitrogens with one attached hydrogen (secondary N) is 1. The Morgan fingerprint density at radius 1 is 0.905 bits per heavy atom. The number of unbranched alkanes of at least 4 members (excludes halogenated alkanes) is 1. The van der Waals surface area contributed by atoms with Crippen molar-refractivity contribution in [3.05, 3.63) is 119 Å². The van der Waals surface area contributed by atoms with Gasteiger partial charge in [0.1, 0.15) is 23.9 Å². The summed E-state index contributed by atoms with van der Waals surface area (Å²) in [5.74, 6) is 1.71. The van der Waals surface area contributed by atoms with E-state index in [2.05, 4.69) is 5.32 Å². The molecule has 4 aromatic carbocycles. The van der Waals surface area contributed by atoms with Crippen LogP contribution in [0.4, 0.5) is 11.4 Å². The van der Waals surface area contributed by atoms with Crippen LogP contribution in [-0.4, -0.2) is 31.6 Å². The van der Waals surface area contributed by atoms with Crippen LogP contribution in [0.25, 0.3) is 6.08 Å². The van der Waals surface area contributed by atoms with Gasteiger partial charge in [-0.05, 0) is 84.6 Å². The molecular formula is C34H31ClN2O5. The van der Waals surface area contributed by atoms with Crippen LogP contribution in [0, 0.1) is 0 Å². The lowest BCUT2D eigenvalue weighted by Crippen LogP contribution is -2.39. The fourth-order valence-electron chi connectivity index (χ4n) is 4.39. The largest absolute Gasteiger partial charge is 0.494 e. The van der Waals surface area contributed by atoms with Crippen LogP contribution in [0.15, 0.2) is 103 Å². The highest BCUT2D eigenvalue weighted by Crippen LogP contribution is 2.35. The minimum atomic E-state index is -0.284. The zero-order valence-corrected chi connectivity index (χ0v) is 23.8. The molecule has 1 heterocycles. The van der Waals surface area contributed by atoms with E-state index in [0.717, 1.165) is 35.5 Å². The number of nitrogens with zero attached hydrogens (tertiary/aromatic N) is 1. The lowest BCUT2D eigenvalue weighted by Gasteiger charge is -2.30. The van der Waals surface area contributed by atoms with E-state index in [1.807, 2.05) is 66.7 Å². The smallest absolute Gasteiger partial charge is 0.265 e. The molecule has 0 saturated heterocycles. The Morgan fingerprint density at radius 2 is 1.64 bits per heavy atom. The van der Waals surface area contributed by atoms with Crippen LogP contribution in [0.3, 0.4) is 0 Å². The van der Waals surface area contributed by atoms with E-state index in [0.29, 0.717) is 41.9 Å². The second kappa shape index (κ2) is 14.2. The number of ether oxygens (including phenoxy) is 3. The van der Waals surface area contributed by atoms with E-state index in [9.17, 15) is 9.59 Å². The topological polar surface area (TPSA) is 77.1 Å². The Hall–Kier alpha value is -4.75. The average molecular weight is 583 g/mol. The van der Waals surface area contributed by atoms with E-state index < -0.39 is 0 Å². The maximum atomic E-state index is 12.7. The molecule has 0 atom stereocenters.